The maximum absolute atomic E-state index is 11.8. The van der Waals surface area contributed by atoms with Crippen LogP contribution in [-0.2, 0) is 0 Å². The Labute approximate surface area is 116 Å². The topological polar surface area (TPSA) is 64.9 Å². The maximum atomic E-state index is 11.8. The van der Waals surface area contributed by atoms with Crippen LogP contribution in [0.5, 0.6) is 0 Å². The van der Waals surface area contributed by atoms with Crippen molar-refractivity contribution in [1.29, 1.82) is 5.26 Å². The molecular weight excluding hydrogens is 258 g/mol. The molecule has 0 aliphatic carbocycles. The Hall–Kier alpha value is -2.45. The highest BCUT2D eigenvalue weighted by molar-refractivity contribution is 7.80. The van der Waals surface area contributed by atoms with E-state index in [1.165, 1.54) is 0 Å². The highest BCUT2D eigenvalue weighted by Crippen LogP contribution is 2.19. The van der Waals surface area contributed by atoms with Crippen LogP contribution >= 0.6 is 12.6 Å². The molecule has 0 saturated heterocycles. The third-order valence-corrected chi connectivity index (χ3v) is 2.81. The molecular formula is C14H11N3OS. The van der Waals surface area contributed by atoms with Crippen molar-refractivity contribution in [2.24, 2.45) is 0 Å². The molecule has 2 N–H and O–H groups in total. The van der Waals surface area contributed by atoms with Crippen LogP contribution < -0.4 is 10.6 Å². The number of nitrogens with zero attached hydrogens (tertiary/aromatic N) is 1. The number of nitrogens with one attached hydrogen (secondary N) is 2. The summed E-state index contributed by atoms with van der Waals surface area (Å²) in [7, 11) is 0. The predicted molar refractivity (Wildman–Crippen MR) is 77.5 cm³/mol. The van der Waals surface area contributed by atoms with Crippen LogP contribution in [0.25, 0.3) is 0 Å². The number of carbonyl (C=O) groups excluding carboxylic acids is 1. The van der Waals surface area contributed by atoms with Crippen molar-refractivity contribution < 1.29 is 4.79 Å². The van der Waals surface area contributed by atoms with E-state index < -0.39 is 0 Å². The molecule has 0 radical (unpaired) electrons. The monoisotopic (exact) mass is 269 g/mol. The predicted octanol–water partition coefficient (Wildman–Crippen LogP) is 3.49. The number of amides is 2. The van der Waals surface area contributed by atoms with E-state index >= 15 is 0 Å². The number of urea groups is 1. The summed E-state index contributed by atoms with van der Waals surface area (Å²) in [5, 5.41) is 14.0. The molecule has 0 bridgehead atoms. The molecule has 0 saturated carbocycles. The lowest BCUT2D eigenvalue weighted by Crippen LogP contribution is -2.19. The highest BCUT2D eigenvalue weighted by atomic mass is 32.1. The van der Waals surface area contributed by atoms with Gasteiger partial charge in [0.25, 0.3) is 0 Å². The lowest BCUT2D eigenvalue weighted by atomic mass is 10.2. The Morgan fingerprint density at radius 3 is 2.37 bits per heavy atom. The van der Waals surface area contributed by atoms with Crippen LogP contribution in [0.1, 0.15) is 5.56 Å². The van der Waals surface area contributed by atoms with Crippen LogP contribution in [0.15, 0.2) is 53.4 Å². The fraction of sp³-hybridized carbons (Fsp3) is 0. The number of hydrogen-bond acceptors (Lipinski definition) is 3. The Kier molecular flexibility index (Phi) is 4.06. The lowest BCUT2D eigenvalue weighted by molar-refractivity contribution is 0.262. The standard InChI is InChI=1S/C14H11N3OS/c15-9-10-5-7-11(8-6-10)16-14(18)17-12-3-1-2-4-13(12)19/h1-8,19H,(H2,16,17,18). The second-order valence-electron chi connectivity index (χ2n) is 3.79. The van der Waals surface area contributed by atoms with Crippen LogP contribution in [0.4, 0.5) is 16.2 Å². The highest BCUT2D eigenvalue weighted by Gasteiger charge is 2.04. The average Bonchev–Trinajstić information content (AvgIpc) is 2.42. The van der Waals surface area contributed by atoms with E-state index in [4.69, 9.17) is 5.26 Å². The summed E-state index contributed by atoms with van der Waals surface area (Å²) in [6.45, 7) is 0. The molecule has 0 aliphatic heterocycles. The van der Waals surface area contributed by atoms with Crippen molar-refractivity contribution in [3.63, 3.8) is 0 Å². The zero-order chi connectivity index (χ0) is 13.7. The first-order chi connectivity index (χ1) is 9.19. The second-order valence-corrected chi connectivity index (χ2v) is 4.27. The Bertz CT molecular complexity index is 632. The molecule has 19 heavy (non-hydrogen) atoms. The molecule has 4 nitrogen and oxygen atoms in total. The largest absolute Gasteiger partial charge is 0.323 e. The average molecular weight is 269 g/mol. The SMILES string of the molecule is N#Cc1ccc(NC(=O)Nc2ccccc2S)cc1. The summed E-state index contributed by atoms with van der Waals surface area (Å²) >= 11 is 4.25. The van der Waals surface area contributed by atoms with Gasteiger partial charge in [-0.25, -0.2) is 4.79 Å². The molecule has 2 aromatic rings. The van der Waals surface area contributed by atoms with Gasteiger partial charge in [0.05, 0.1) is 17.3 Å². The van der Waals surface area contributed by atoms with E-state index in [1.807, 2.05) is 18.2 Å². The minimum atomic E-state index is -0.355. The number of thiol groups is 1. The number of carbonyl (C=O) groups is 1. The first kappa shape index (κ1) is 13.0. The van der Waals surface area contributed by atoms with Gasteiger partial charge in [-0.15, -0.1) is 12.6 Å². The first-order valence-corrected chi connectivity index (χ1v) is 6.00. The molecule has 94 valence electrons. The summed E-state index contributed by atoms with van der Waals surface area (Å²) in [6.07, 6.45) is 0. The van der Waals surface area contributed by atoms with Crippen molar-refractivity contribution in [2.45, 2.75) is 4.90 Å². The van der Waals surface area contributed by atoms with Crippen molar-refractivity contribution >= 4 is 30.0 Å². The molecule has 2 amide bonds. The Morgan fingerprint density at radius 1 is 1.05 bits per heavy atom. The van der Waals surface area contributed by atoms with E-state index in [2.05, 4.69) is 23.3 Å². The van der Waals surface area contributed by atoms with E-state index in [1.54, 1.807) is 36.4 Å². The van der Waals surface area contributed by atoms with Crippen molar-refractivity contribution in [2.75, 3.05) is 10.6 Å². The summed E-state index contributed by atoms with van der Waals surface area (Å²) < 4.78 is 0. The van der Waals surface area contributed by atoms with Gasteiger partial charge in [0.15, 0.2) is 0 Å². The fourth-order valence-corrected chi connectivity index (χ4v) is 1.71. The number of rotatable bonds is 2. The molecule has 0 fully saturated rings. The van der Waals surface area contributed by atoms with Gasteiger partial charge >= 0.3 is 6.03 Å². The summed E-state index contributed by atoms with van der Waals surface area (Å²) in [5.41, 5.74) is 1.80. The maximum Gasteiger partial charge on any atom is 0.323 e. The van der Waals surface area contributed by atoms with Gasteiger partial charge < -0.3 is 10.6 Å². The van der Waals surface area contributed by atoms with Crippen molar-refractivity contribution in [3.8, 4) is 6.07 Å². The van der Waals surface area contributed by atoms with E-state index in [-0.39, 0.29) is 6.03 Å². The number of benzene rings is 2. The van der Waals surface area contributed by atoms with E-state index in [0.29, 0.717) is 21.8 Å². The van der Waals surface area contributed by atoms with Crippen LogP contribution in [0.3, 0.4) is 0 Å². The Morgan fingerprint density at radius 2 is 1.74 bits per heavy atom. The molecule has 0 spiro atoms. The van der Waals surface area contributed by atoms with Crippen LogP contribution in [0.2, 0.25) is 0 Å². The third-order valence-electron chi connectivity index (χ3n) is 2.42. The van der Waals surface area contributed by atoms with Gasteiger partial charge in [0, 0.05) is 10.6 Å². The molecule has 2 rings (SSSR count). The summed E-state index contributed by atoms with van der Waals surface area (Å²) in [4.78, 5) is 12.5. The fourth-order valence-electron chi connectivity index (χ4n) is 1.49. The molecule has 0 aliphatic rings. The van der Waals surface area contributed by atoms with Gasteiger partial charge in [-0.2, -0.15) is 5.26 Å². The molecule has 5 heteroatoms. The van der Waals surface area contributed by atoms with Crippen molar-refractivity contribution in [3.05, 3.63) is 54.1 Å². The van der Waals surface area contributed by atoms with Gasteiger partial charge in [-0.05, 0) is 36.4 Å². The normalized spacial score (nSPS) is 9.47. The molecule has 2 aromatic carbocycles. The quantitative estimate of drug-likeness (QED) is 0.731. The van der Waals surface area contributed by atoms with Gasteiger partial charge in [-0.3, -0.25) is 0 Å². The summed E-state index contributed by atoms with van der Waals surface area (Å²) in [6, 6.07) is 15.5. The number of anilines is 2. The minimum absolute atomic E-state index is 0.355. The van der Waals surface area contributed by atoms with Crippen LogP contribution in [0, 0.1) is 11.3 Å². The number of para-hydroxylation sites is 1. The summed E-state index contributed by atoms with van der Waals surface area (Å²) in [5.74, 6) is 0. The number of hydrogen-bond donors (Lipinski definition) is 3. The number of nitriles is 1. The van der Waals surface area contributed by atoms with E-state index in [9.17, 15) is 4.79 Å². The van der Waals surface area contributed by atoms with E-state index in [0.717, 1.165) is 0 Å². The molecule has 0 aromatic heterocycles. The Balaban J connectivity index is 2.01. The smallest absolute Gasteiger partial charge is 0.308 e. The van der Waals surface area contributed by atoms with Gasteiger partial charge in [0.2, 0.25) is 0 Å². The zero-order valence-electron chi connectivity index (χ0n) is 9.92. The molecule has 0 unspecified atom stereocenters. The lowest BCUT2D eigenvalue weighted by Gasteiger charge is -2.09. The van der Waals surface area contributed by atoms with Gasteiger partial charge in [-0.1, -0.05) is 12.1 Å². The zero-order valence-corrected chi connectivity index (χ0v) is 10.8. The second kappa shape index (κ2) is 5.94. The first-order valence-electron chi connectivity index (χ1n) is 5.55. The minimum Gasteiger partial charge on any atom is -0.308 e. The molecule has 0 heterocycles. The van der Waals surface area contributed by atoms with Crippen LogP contribution in [-0.4, -0.2) is 6.03 Å². The molecule has 0 atom stereocenters. The van der Waals surface area contributed by atoms with Gasteiger partial charge in [0.1, 0.15) is 0 Å². The van der Waals surface area contributed by atoms with Crippen molar-refractivity contribution in [1.82, 2.24) is 0 Å². The third kappa shape index (κ3) is 3.50.